The highest BCUT2D eigenvalue weighted by atomic mass is 16.1. The molecule has 2 aliphatic rings. The largest absolute Gasteiger partial charge is 0.378 e. The first-order valence-corrected chi connectivity index (χ1v) is 11.4. The van der Waals surface area contributed by atoms with Crippen LogP contribution in [-0.2, 0) is 4.79 Å². The van der Waals surface area contributed by atoms with Crippen molar-refractivity contribution in [2.75, 3.05) is 25.5 Å². The number of pyridine rings is 1. The Hall–Kier alpha value is -3.58. The monoisotopic (exact) mass is 440 g/mol. The van der Waals surface area contributed by atoms with Crippen LogP contribution in [0.2, 0.25) is 0 Å². The normalized spacial score (nSPS) is 18.4. The summed E-state index contributed by atoms with van der Waals surface area (Å²) in [4.78, 5) is 27.7. The highest BCUT2D eigenvalue weighted by molar-refractivity contribution is 5.79. The standard InChI is InChI=1S/C26H28N6O/c1-17-28-14-21(15-29-17)23-13-20-7-10-27-24(16-33)25(20)26(31-23)30-22-5-3-18(4-6-22)19-8-11-32(2)12-9-19/h3-7,10,13-16,19,24,27H,8-9,11-12H2,1-2H3,(H,30,31). The average molecular weight is 441 g/mol. The molecule has 0 spiro atoms. The lowest BCUT2D eigenvalue weighted by Gasteiger charge is -2.29. The number of anilines is 2. The highest BCUT2D eigenvalue weighted by Crippen LogP contribution is 2.34. The molecule has 4 heterocycles. The molecule has 33 heavy (non-hydrogen) atoms. The number of aldehydes is 1. The van der Waals surface area contributed by atoms with Gasteiger partial charge in [-0.25, -0.2) is 15.0 Å². The van der Waals surface area contributed by atoms with Crippen LogP contribution in [0.1, 0.15) is 47.3 Å². The van der Waals surface area contributed by atoms with Crippen LogP contribution < -0.4 is 10.6 Å². The van der Waals surface area contributed by atoms with E-state index in [-0.39, 0.29) is 0 Å². The van der Waals surface area contributed by atoms with Gasteiger partial charge in [0.25, 0.3) is 0 Å². The van der Waals surface area contributed by atoms with Gasteiger partial charge in [0, 0.05) is 29.2 Å². The van der Waals surface area contributed by atoms with Gasteiger partial charge in [0.1, 0.15) is 24.0 Å². The van der Waals surface area contributed by atoms with Gasteiger partial charge in [-0.05, 0) is 87.4 Å². The van der Waals surface area contributed by atoms with Gasteiger partial charge in [-0.1, -0.05) is 12.1 Å². The van der Waals surface area contributed by atoms with Crippen molar-refractivity contribution in [2.45, 2.75) is 31.7 Å². The van der Waals surface area contributed by atoms with E-state index in [0.29, 0.717) is 17.6 Å². The Morgan fingerprint density at radius 3 is 2.55 bits per heavy atom. The predicted octanol–water partition coefficient (Wildman–Crippen LogP) is 4.21. The van der Waals surface area contributed by atoms with Crippen LogP contribution in [0.15, 0.2) is 48.9 Å². The van der Waals surface area contributed by atoms with E-state index >= 15 is 0 Å². The van der Waals surface area contributed by atoms with E-state index in [2.05, 4.69) is 56.8 Å². The van der Waals surface area contributed by atoms with Crippen LogP contribution in [0.4, 0.5) is 11.5 Å². The van der Waals surface area contributed by atoms with Gasteiger partial charge >= 0.3 is 0 Å². The Labute approximate surface area is 194 Å². The van der Waals surface area contributed by atoms with Gasteiger partial charge in [-0.2, -0.15) is 0 Å². The Morgan fingerprint density at radius 2 is 1.85 bits per heavy atom. The molecule has 0 aliphatic carbocycles. The maximum absolute atomic E-state index is 11.8. The summed E-state index contributed by atoms with van der Waals surface area (Å²) in [6, 6.07) is 10.1. The first-order chi connectivity index (χ1) is 16.1. The summed E-state index contributed by atoms with van der Waals surface area (Å²) < 4.78 is 0. The number of piperidine rings is 1. The number of carbonyl (C=O) groups excluding carboxylic acids is 1. The Bertz CT molecular complexity index is 1160. The Balaban J connectivity index is 1.47. The fraction of sp³-hybridized carbons (Fsp3) is 0.308. The molecule has 1 atom stereocenters. The molecular weight excluding hydrogens is 412 g/mol. The predicted molar refractivity (Wildman–Crippen MR) is 130 cm³/mol. The molecule has 7 nitrogen and oxygen atoms in total. The maximum atomic E-state index is 11.8. The first-order valence-electron chi connectivity index (χ1n) is 11.4. The summed E-state index contributed by atoms with van der Waals surface area (Å²) in [6.45, 7) is 4.14. The molecule has 0 radical (unpaired) electrons. The second kappa shape index (κ2) is 9.11. The van der Waals surface area contributed by atoms with Gasteiger partial charge in [0.15, 0.2) is 0 Å². The molecule has 0 amide bonds. The molecule has 1 aromatic carbocycles. The number of carbonyl (C=O) groups is 1. The van der Waals surface area contributed by atoms with E-state index in [4.69, 9.17) is 4.98 Å². The summed E-state index contributed by atoms with van der Waals surface area (Å²) in [5.41, 5.74) is 5.70. The van der Waals surface area contributed by atoms with E-state index < -0.39 is 6.04 Å². The molecule has 1 saturated heterocycles. The van der Waals surface area contributed by atoms with Crippen molar-refractivity contribution in [3.8, 4) is 11.3 Å². The van der Waals surface area contributed by atoms with Crippen LogP contribution in [-0.4, -0.2) is 46.3 Å². The fourth-order valence-electron chi connectivity index (χ4n) is 4.56. The number of aromatic nitrogens is 3. The molecule has 168 valence electrons. The summed E-state index contributed by atoms with van der Waals surface area (Å²) >= 11 is 0. The lowest BCUT2D eigenvalue weighted by molar-refractivity contribution is -0.109. The van der Waals surface area contributed by atoms with Crippen LogP contribution in [0.3, 0.4) is 0 Å². The van der Waals surface area contributed by atoms with Crippen molar-refractivity contribution in [1.29, 1.82) is 0 Å². The molecular formula is C26H28N6O. The van der Waals surface area contributed by atoms with E-state index in [1.165, 1.54) is 18.4 Å². The molecule has 0 saturated carbocycles. The average Bonchev–Trinajstić information content (AvgIpc) is 2.85. The van der Waals surface area contributed by atoms with E-state index in [0.717, 1.165) is 47.4 Å². The maximum Gasteiger partial charge on any atom is 0.146 e. The highest BCUT2D eigenvalue weighted by Gasteiger charge is 2.23. The number of hydrogen-bond acceptors (Lipinski definition) is 7. The van der Waals surface area contributed by atoms with E-state index in [9.17, 15) is 4.79 Å². The van der Waals surface area contributed by atoms with Gasteiger partial charge in [0.2, 0.25) is 0 Å². The van der Waals surface area contributed by atoms with Gasteiger partial charge in [-0.15, -0.1) is 0 Å². The first kappa shape index (κ1) is 21.3. The van der Waals surface area contributed by atoms with E-state index in [1.807, 2.05) is 19.1 Å². The molecule has 7 heteroatoms. The number of benzene rings is 1. The third kappa shape index (κ3) is 4.50. The van der Waals surface area contributed by atoms with Crippen molar-refractivity contribution in [1.82, 2.24) is 25.2 Å². The number of likely N-dealkylation sites (tertiary alicyclic amines) is 1. The minimum absolute atomic E-state index is 0.457. The lowest BCUT2D eigenvalue weighted by Crippen LogP contribution is -2.29. The molecule has 0 bridgehead atoms. The molecule has 2 aromatic heterocycles. The number of hydrogen-bond donors (Lipinski definition) is 2. The summed E-state index contributed by atoms with van der Waals surface area (Å²) in [6.07, 6.45) is 10.6. The number of aryl methyl sites for hydroxylation is 1. The van der Waals surface area contributed by atoms with Crippen molar-refractivity contribution in [3.05, 3.63) is 71.4 Å². The smallest absolute Gasteiger partial charge is 0.146 e. The molecule has 1 unspecified atom stereocenters. The Kier molecular flexibility index (Phi) is 5.88. The molecule has 3 aromatic rings. The van der Waals surface area contributed by atoms with Crippen LogP contribution in [0.25, 0.3) is 17.3 Å². The second-order valence-electron chi connectivity index (χ2n) is 8.82. The van der Waals surface area contributed by atoms with Gasteiger partial charge in [0.05, 0.1) is 5.69 Å². The van der Waals surface area contributed by atoms with Crippen LogP contribution in [0.5, 0.6) is 0 Å². The van der Waals surface area contributed by atoms with Gasteiger partial charge < -0.3 is 20.3 Å². The minimum Gasteiger partial charge on any atom is -0.378 e. The second-order valence-corrected chi connectivity index (χ2v) is 8.82. The lowest BCUT2D eigenvalue weighted by atomic mass is 9.89. The number of rotatable bonds is 5. The minimum atomic E-state index is -0.457. The summed E-state index contributed by atoms with van der Waals surface area (Å²) in [5, 5.41) is 6.58. The topological polar surface area (TPSA) is 83.0 Å². The summed E-state index contributed by atoms with van der Waals surface area (Å²) in [7, 11) is 2.18. The third-order valence-corrected chi connectivity index (χ3v) is 6.52. The van der Waals surface area contributed by atoms with Crippen molar-refractivity contribution >= 4 is 23.9 Å². The number of nitrogens with zero attached hydrogens (tertiary/aromatic N) is 4. The molecule has 2 N–H and O–H groups in total. The third-order valence-electron chi connectivity index (χ3n) is 6.52. The SMILES string of the molecule is Cc1ncc(-c2cc3c(c(Nc4ccc(C5CCN(C)CC5)cc4)n2)C(C=O)NC=C3)cn1. The van der Waals surface area contributed by atoms with Crippen molar-refractivity contribution < 1.29 is 4.79 Å². The molecule has 2 aliphatic heterocycles. The zero-order valence-electron chi connectivity index (χ0n) is 19.0. The van der Waals surface area contributed by atoms with Crippen LogP contribution in [0, 0.1) is 6.92 Å². The van der Waals surface area contributed by atoms with Crippen molar-refractivity contribution in [2.24, 2.45) is 0 Å². The van der Waals surface area contributed by atoms with Gasteiger partial charge in [-0.3, -0.25) is 0 Å². The van der Waals surface area contributed by atoms with Crippen LogP contribution >= 0.6 is 0 Å². The zero-order chi connectivity index (χ0) is 22.8. The molecule has 5 rings (SSSR count). The quantitative estimate of drug-likeness (QED) is 0.575. The van der Waals surface area contributed by atoms with Crippen molar-refractivity contribution in [3.63, 3.8) is 0 Å². The number of fused-ring (bicyclic) bond motifs is 1. The Morgan fingerprint density at radius 1 is 1.12 bits per heavy atom. The summed E-state index contributed by atoms with van der Waals surface area (Å²) in [5.74, 6) is 1.98. The fourth-order valence-corrected chi connectivity index (χ4v) is 4.56. The number of nitrogens with one attached hydrogen (secondary N) is 2. The zero-order valence-corrected chi connectivity index (χ0v) is 19.0. The molecule has 1 fully saturated rings. The van der Waals surface area contributed by atoms with E-state index in [1.54, 1.807) is 18.6 Å².